The Morgan fingerprint density at radius 2 is 2.30 bits per heavy atom. The van der Waals surface area contributed by atoms with Crippen LogP contribution >= 0.6 is 11.6 Å². The molecule has 0 unspecified atom stereocenters. The maximum absolute atomic E-state index is 8.55. The van der Waals surface area contributed by atoms with E-state index in [4.69, 9.17) is 16.7 Å². The summed E-state index contributed by atoms with van der Waals surface area (Å²) in [5, 5.41) is 9.23. The number of rotatable bonds is 2. The van der Waals surface area contributed by atoms with E-state index in [1.165, 1.54) is 0 Å². The standard InChI is InChI=1S/C8H8ClO/c9-8-3-1-2-7(6-8)4-5-10/h2-3,6,10H,4-5H2. The van der Waals surface area contributed by atoms with Crippen LogP contribution in [0.2, 0.25) is 5.02 Å². The third-order valence-corrected chi connectivity index (χ3v) is 1.43. The van der Waals surface area contributed by atoms with Gasteiger partial charge in [0.1, 0.15) is 0 Å². The maximum atomic E-state index is 8.55. The molecule has 0 heterocycles. The zero-order valence-corrected chi connectivity index (χ0v) is 6.23. The molecule has 0 aliphatic rings. The third-order valence-electron chi connectivity index (χ3n) is 1.21. The molecule has 0 fully saturated rings. The summed E-state index contributed by atoms with van der Waals surface area (Å²) in [6.07, 6.45) is 0.650. The highest BCUT2D eigenvalue weighted by molar-refractivity contribution is 6.30. The average Bonchev–Trinajstić information content (AvgIpc) is 1.88. The highest BCUT2D eigenvalue weighted by Crippen LogP contribution is 2.09. The van der Waals surface area contributed by atoms with Gasteiger partial charge in [-0.1, -0.05) is 17.7 Å². The van der Waals surface area contributed by atoms with Crippen LogP contribution in [0.4, 0.5) is 0 Å². The predicted molar refractivity (Wildman–Crippen MR) is 41.1 cm³/mol. The van der Waals surface area contributed by atoms with Gasteiger partial charge in [0.25, 0.3) is 0 Å². The molecule has 53 valence electrons. The Labute approximate surface area is 65.3 Å². The number of benzene rings is 1. The molecule has 0 saturated heterocycles. The van der Waals surface area contributed by atoms with Crippen LogP contribution in [0, 0.1) is 6.07 Å². The zero-order chi connectivity index (χ0) is 7.40. The molecule has 10 heavy (non-hydrogen) atoms. The first-order valence-electron chi connectivity index (χ1n) is 3.09. The molecule has 1 aromatic rings. The molecule has 0 amide bonds. The summed E-state index contributed by atoms with van der Waals surface area (Å²) in [5.74, 6) is 0. The van der Waals surface area contributed by atoms with Crippen LogP contribution in [-0.4, -0.2) is 11.7 Å². The topological polar surface area (TPSA) is 20.2 Å². The molecular weight excluding hydrogens is 148 g/mol. The Hall–Kier alpha value is -0.530. The SMILES string of the molecule is OCCc1c[c]cc(Cl)c1. The van der Waals surface area contributed by atoms with E-state index in [9.17, 15) is 0 Å². The fourth-order valence-corrected chi connectivity index (χ4v) is 0.965. The van der Waals surface area contributed by atoms with Crippen molar-refractivity contribution in [1.29, 1.82) is 0 Å². The van der Waals surface area contributed by atoms with E-state index in [1.807, 2.05) is 12.1 Å². The summed E-state index contributed by atoms with van der Waals surface area (Å²) in [6.45, 7) is 0.161. The zero-order valence-electron chi connectivity index (χ0n) is 5.47. The Kier molecular flexibility index (Phi) is 2.72. The number of halogens is 1. The van der Waals surface area contributed by atoms with Crippen molar-refractivity contribution in [2.24, 2.45) is 0 Å². The van der Waals surface area contributed by atoms with E-state index in [0.717, 1.165) is 5.56 Å². The van der Waals surface area contributed by atoms with Crippen LogP contribution in [-0.2, 0) is 6.42 Å². The Morgan fingerprint density at radius 3 is 2.90 bits per heavy atom. The minimum Gasteiger partial charge on any atom is -0.396 e. The van der Waals surface area contributed by atoms with Gasteiger partial charge >= 0.3 is 0 Å². The maximum Gasteiger partial charge on any atom is 0.0471 e. The lowest BCUT2D eigenvalue weighted by Crippen LogP contribution is -1.89. The second-order valence-corrected chi connectivity index (χ2v) is 2.47. The van der Waals surface area contributed by atoms with Crippen LogP contribution in [0.5, 0.6) is 0 Å². The van der Waals surface area contributed by atoms with Crippen LogP contribution < -0.4 is 0 Å². The average molecular weight is 156 g/mol. The van der Waals surface area contributed by atoms with Gasteiger partial charge in [-0.15, -0.1) is 0 Å². The van der Waals surface area contributed by atoms with Gasteiger partial charge < -0.3 is 5.11 Å². The van der Waals surface area contributed by atoms with E-state index in [0.29, 0.717) is 11.4 Å². The first-order chi connectivity index (χ1) is 4.83. The van der Waals surface area contributed by atoms with E-state index in [-0.39, 0.29) is 6.61 Å². The molecular formula is C8H8ClO. The number of aliphatic hydroxyl groups is 1. The van der Waals surface area contributed by atoms with Crippen molar-refractivity contribution in [2.75, 3.05) is 6.61 Å². The summed E-state index contributed by atoms with van der Waals surface area (Å²) < 4.78 is 0. The Bertz CT molecular complexity index is 210. The molecule has 1 nitrogen and oxygen atoms in total. The molecule has 1 radical (unpaired) electrons. The van der Waals surface area contributed by atoms with E-state index >= 15 is 0 Å². The lowest BCUT2D eigenvalue weighted by Gasteiger charge is -1.96. The molecule has 0 aliphatic carbocycles. The van der Waals surface area contributed by atoms with Crippen molar-refractivity contribution in [3.05, 3.63) is 34.9 Å². The van der Waals surface area contributed by atoms with Gasteiger partial charge in [-0.25, -0.2) is 0 Å². The first-order valence-corrected chi connectivity index (χ1v) is 3.47. The summed E-state index contributed by atoms with van der Waals surface area (Å²) in [5.41, 5.74) is 1.02. The molecule has 0 aromatic heterocycles. The van der Waals surface area contributed by atoms with Crippen molar-refractivity contribution in [3.63, 3.8) is 0 Å². The fraction of sp³-hybridized carbons (Fsp3) is 0.250. The molecule has 0 spiro atoms. The second kappa shape index (κ2) is 3.59. The van der Waals surface area contributed by atoms with Crippen molar-refractivity contribution >= 4 is 11.6 Å². The van der Waals surface area contributed by atoms with Crippen LogP contribution in [0.3, 0.4) is 0 Å². The van der Waals surface area contributed by atoms with Gasteiger partial charge in [-0.3, -0.25) is 0 Å². The summed E-state index contributed by atoms with van der Waals surface area (Å²) >= 11 is 5.67. The van der Waals surface area contributed by atoms with Crippen molar-refractivity contribution in [2.45, 2.75) is 6.42 Å². The Balaban J connectivity index is 2.75. The van der Waals surface area contributed by atoms with Gasteiger partial charge in [-0.05, 0) is 30.2 Å². The number of hydrogen-bond donors (Lipinski definition) is 1. The molecule has 1 rings (SSSR count). The summed E-state index contributed by atoms with van der Waals surface area (Å²) in [6, 6.07) is 8.22. The molecule has 0 saturated carbocycles. The van der Waals surface area contributed by atoms with Crippen LogP contribution in [0.25, 0.3) is 0 Å². The predicted octanol–water partition coefficient (Wildman–Crippen LogP) is 1.67. The van der Waals surface area contributed by atoms with Gasteiger partial charge in [-0.2, -0.15) is 0 Å². The van der Waals surface area contributed by atoms with Crippen LogP contribution in [0.15, 0.2) is 18.2 Å². The van der Waals surface area contributed by atoms with Gasteiger partial charge in [0.2, 0.25) is 0 Å². The van der Waals surface area contributed by atoms with E-state index in [1.54, 1.807) is 6.07 Å². The quantitative estimate of drug-likeness (QED) is 0.689. The molecule has 2 heteroatoms. The highest BCUT2D eigenvalue weighted by atomic mass is 35.5. The second-order valence-electron chi connectivity index (χ2n) is 2.03. The molecule has 1 aromatic carbocycles. The third kappa shape index (κ3) is 2.01. The lowest BCUT2D eigenvalue weighted by atomic mass is 10.2. The minimum absolute atomic E-state index is 0.161. The first kappa shape index (κ1) is 7.58. The molecule has 0 atom stereocenters. The van der Waals surface area contributed by atoms with E-state index < -0.39 is 0 Å². The van der Waals surface area contributed by atoms with Crippen LogP contribution in [0.1, 0.15) is 5.56 Å². The Morgan fingerprint density at radius 1 is 1.50 bits per heavy atom. The monoisotopic (exact) mass is 155 g/mol. The van der Waals surface area contributed by atoms with Gasteiger partial charge in [0, 0.05) is 11.6 Å². The summed E-state index contributed by atoms with van der Waals surface area (Å²) in [7, 11) is 0. The van der Waals surface area contributed by atoms with E-state index in [2.05, 4.69) is 6.07 Å². The van der Waals surface area contributed by atoms with Gasteiger partial charge in [0.15, 0.2) is 0 Å². The lowest BCUT2D eigenvalue weighted by molar-refractivity contribution is 0.299. The summed E-state index contributed by atoms with van der Waals surface area (Å²) in [4.78, 5) is 0. The minimum atomic E-state index is 0.161. The largest absolute Gasteiger partial charge is 0.396 e. The smallest absolute Gasteiger partial charge is 0.0471 e. The molecule has 0 bridgehead atoms. The van der Waals surface area contributed by atoms with Crippen molar-refractivity contribution in [3.8, 4) is 0 Å². The molecule has 0 aliphatic heterocycles. The van der Waals surface area contributed by atoms with Gasteiger partial charge in [0.05, 0.1) is 0 Å². The normalized spacial score (nSPS) is 9.80. The highest BCUT2D eigenvalue weighted by Gasteiger charge is 1.91. The fourth-order valence-electron chi connectivity index (χ4n) is 0.762. The number of aliphatic hydroxyl groups excluding tert-OH is 1. The van der Waals surface area contributed by atoms with Crippen molar-refractivity contribution in [1.82, 2.24) is 0 Å². The number of hydrogen-bond acceptors (Lipinski definition) is 1. The van der Waals surface area contributed by atoms with Crippen molar-refractivity contribution < 1.29 is 5.11 Å². The molecule has 1 N–H and O–H groups in total.